The van der Waals surface area contributed by atoms with Crippen LogP contribution in [0.1, 0.15) is 0 Å². The van der Waals surface area contributed by atoms with Crippen molar-refractivity contribution in [3.05, 3.63) is 57.7 Å². The quantitative estimate of drug-likeness (QED) is 0.781. The van der Waals surface area contributed by atoms with Gasteiger partial charge in [-0.15, -0.1) is 0 Å². The Morgan fingerprint density at radius 1 is 1.19 bits per heavy atom. The maximum absolute atomic E-state index is 12.2. The first-order valence-corrected chi connectivity index (χ1v) is 6.57. The zero-order valence-electron chi connectivity index (χ0n) is 11.1. The van der Waals surface area contributed by atoms with Crippen molar-refractivity contribution in [2.24, 2.45) is 0 Å². The first-order chi connectivity index (χ1) is 10.1. The van der Waals surface area contributed by atoms with Crippen LogP contribution in [0.2, 0.25) is 5.02 Å². The molecule has 0 radical (unpaired) electrons. The van der Waals surface area contributed by atoms with E-state index in [-0.39, 0.29) is 16.9 Å². The molecule has 0 aliphatic heterocycles. The van der Waals surface area contributed by atoms with Crippen LogP contribution >= 0.6 is 11.6 Å². The molecule has 0 amide bonds. The van der Waals surface area contributed by atoms with E-state index < -0.39 is 0 Å². The minimum atomic E-state index is -0.209. The van der Waals surface area contributed by atoms with Gasteiger partial charge in [-0.25, -0.2) is 0 Å². The molecule has 3 rings (SSSR count). The molecule has 0 fully saturated rings. The monoisotopic (exact) mass is 302 g/mol. The lowest BCUT2D eigenvalue weighted by atomic mass is 10.1. The van der Waals surface area contributed by atoms with Crippen LogP contribution in [0.3, 0.4) is 0 Å². The Morgan fingerprint density at radius 2 is 2.00 bits per heavy atom. The minimum absolute atomic E-state index is 0.0488. The molecule has 0 unspecified atom stereocenters. The van der Waals surface area contributed by atoms with Gasteiger partial charge in [0.25, 0.3) is 0 Å². The molecule has 106 valence electrons. The second kappa shape index (κ2) is 5.14. The summed E-state index contributed by atoms with van der Waals surface area (Å²) < 4.78 is 11.0. The molecule has 1 aromatic heterocycles. The van der Waals surface area contributed by atoms with Gasteiger partial charge in [0.15, 0.2) is 11.0 Å². The number of aromatic hydroxyl groups is 1. The first kappa shape index (κ1) is 13.5. The van der Waals surface area contributed by atoms with Crippen LogP contribution in [0.15, 0.2) is 51.7 Å². The molecular weight excluding hydrogens is 292 g/mol. The lowest BCUT2D eigenvalue weighted by Gasteiger charge is -2.09. The van der Waals surface area contributed by atoms with E-state index in [1.54, 1.807) is 24.3 Å². The minimum Gasteiger partial charge on any atom is -0.508 e. The molecule has 21 heavy (non-hydrogen) atoms. The average Bonchev–Trinajstić information content (AvgIpc) is 2.48. The van der Waals surface area contributed by atoms with E-state index in [4.69, 9.17) is 20.8 Å². The standard InChI is InChI=1S/C16H11ClO4/c1-20-14-6-5-9(18)7-11(14)15-8-13(19)10-3-2-4-12(17)16(10)21-15/h2-8,18H,1H3. The van der Waals surface area contributed by atoms with Gasteiger partial charge in [-0.3, -0.25) is 4.79 Å². The second-order valence-corrected chi connectivity index (χ2v) is 4.88. The summed E-state index contributed by atoms with van der Waals surface area (Å²) in [6.45, 7) is 0. The van der Waals surface area contributed by atoms with E-state index in [0.717, 1.165) is 0 Å². The number of halogens is 1. The summed E-state index contributed by atoms with van der Waals surface area (Å²) in [5.41, 5.74) is 0.586. The highest BCUT2D eigenvalue weighted by Crippen LogP contribution is 2.34. The number of para-hydroxylation sites is 1. The predicted molar refractivity (Wildman–Crippen MR) is 81.1 cm³/mol. The molecule has 0 aliphatic rings. The highest BCUT2D eigenvalue weighted by atomic mass is 35.5. The van der Waals surface area contributed by atoms with Gasteiger partial charge in [-0.2, -0.15) is 0 Å². The molecule has 0 saturated carbocycles. The van der Waals surface area contributed by atoms with Crippen molar-refractivity contribution < 1.29 is 14.3 Å². The van der Waals surface area contributed by atoms with Gasteiger partial charge in [-0.05, 0) is 30.3 Å². The summed E-state index contributed by atoms with van der Waals surface area (Å²) in [6.07, 6.45) is 0. The lowest BCUT2D eigenvalue weighted by Crippen LogP contribution is -2.01. The van der Waals surface area contributed by atoms with Gasteiger partial charge in [0.1, 0.15) is 17.3 Å². The summed E-state index contributed by atoms with van der Waals surface area (Å²) in [4.78, 5) is 12.2. The Morgan fingerprint density at radius 3 is 2.76 bits per heavy atom. The normalized spacial score (nSPS) is 10.8. The number of rotatable bonds is 2. The summed E-state index contributed by atoms with van der Waals surface area (Å²) in [7, 11) is 1.50. The van der Waals surface area contributed by atoms with E-state index in [2.05, 4.69) is 0 Å². The van der Waals surface area contributed by atoms with Crippen LogP contribution in [0.25, 0.3) is 22.3 Å². The molecule has 4 nitrogen and oxygen atoms in total. The number of phenols is 1. The van der Waals surface area contributed by atoms with Crippen molar-refractivity contribution in [2.75, 3.05) is 7.11 Å². The Hall–Kier alpha value is -2.46. The maximum atomic E-state index is 12.2. The van der Waals surface area contributed by atoms with Crippen LogP contribution in [-0.2, 0) is 0 Å². The SMILES string of the molecule is COc1ccc(O)cc1-c1cc(=O)c2cccc(Cl)c2o1. The molecule has 2 aromatic carbocycles. The van der Waals surface area contributed by atoms with Crippen LogP contribution < -0.4 is 10.2 Å². The smallest absolute Gasteiger partial charge is 0.193 e. The summed E-state index contributed by atoms with van der Waals surface area (Å²) in [5, 5.41) is 10.4. The van der Waals surface area contributed by atoms with Crippen molar-refractivity contribution in [1.82, 2.24) is 0 Å². The maximum Gasteiger partial charge on any atom is 0.193 e. The first-order valence-electron chi connectivity index (χ1n) is 6.20. The molecule has 0 aliphatic carbocycles. The number of hydrogen-bond donors (Lipinski definition) is 1. The highest BCUT2D eigenvalue weighted by Gasteiger charge is 2.13. The predicted octanol–water partition coefficient (Wildman–Crippen LogP) is 3.83. The molecule has 5 heteroatoms. The number of benzene rings is 2. The molecule has 0 spiro atoms. The van der Waals surface area contributed by atoms with Crippen molar-refractivity contribution in [3.63, 3.8) is 0 Å². The number of phenolic OH excluding ortho intramolecular Hbond substituents is 1. The fraction of sp³-hybridized carbons (Fsp3) is 0.0625. The number of fused-ring (bicyclic) bond motifs is 1. The average molecular weight is 303 g/mol. The van der Waals surface area contributed by atoms with E-state index in [1.807, 2.05) is 0 Å². The third kappa shape index (κ3) is 2.34. The Bertz CT molecular complexity index is 883. The summed E-state index contributed by atoms with van der Waals surface area (Å²) >= 11 is 6.08. The van der Waals surface area contributed by atoms with E-state index in [0.29, 0.717) is 27.3 Å². The van der Waals surface area contributed by atoms with Gasteiger partial charge in [0, 0.05) is 6.07 Å². The molecule has 1 heterocycles. The van der Waals surface area contributed by atoms with Crippen molar-refractivity contribution >= 4 is 22.6 Å². The zero-order chi connectivity index (χ0) is 15.0. The van der Waals surface area contributed by atoms with Gasteiger partial charge in [0.2, 0.25) is 0 Å². The molecule has 1 N–H and O–H groups in total. The van der Waals surface area contributed by atoms with Gasteiger partial charge < -0.3 is 14.3 Å². The van der Waals surface area contributed by atoms with Crippen molar-refractivity contribution in [3.8, 4) is 22.8 Å². The third-order valence-corrected chi connectivity index (χ3v) is 3.45. The fourth-order valence-corrected chi connectivity index (χ4v) is 2.38. The summed E-state index contributed by atoms with van der Waals surface area (Å²) in [5.74, 6) is 0.823. The number of hydrogen-bond acceptors (Lipinski definition) is 4. The topological polar surface area (TPSA) is 59.7 Å². The molecular formula is C16H11ClO4. The Labute approximate surface area is 125 Å². The third-order valence-electron chi connectivity index (χ3n) is 3.16. The van der Waals surface area contributed by atoms with Crippen LogP contribution in [0, 0.1) is 0 Å². The Balaban J connectivity index is 2.34. The number of ether oxygens (including phenoxy) is 1. The molecule has 3 aromatic rings. The lowest BCUT2D eigenvalue weighted by molar-refractivity contribution is 0.412. The van der Waals surface area contributed by atoms with E-state index >= 15 is 0 Å². The fourth-order valence-electron chi connectivity index (χ4n) is 2.16. The highest BCUT2D eigenvalue weighted by molar-refractivity contribution is 6.34. The zero-order valence-corrected chi connectivity index (χ0v) is 11.8. The number of methoxy groups -OCH3 is 1. The Kier molecular flexibility index (Phi) is 3.31. The van der Waals surface area contributed by atoms with Gasteiger partial charge in [0.05, 0.1) is 23.1 Å². The van der Waals surface area contributed by atoms with Gasteiger partial charge >= 0.3 is 0 Å². The van der Waals surface area contributed by atoms with E-state index in [9.17, 15) is 9.90 Å². The van der Waals surface area contributed by atoms with Crippen LogP contribution in [-0.4, -0.2) is 12.2 Å². The summed E-state index contributed by atoms with van der Waals surface area (Å²) in [6, 6.07) is 10.9. The second-order valence-electron chi connectivity index (χ2n) is 4.48. The molecule has 0 saturated heterocycles. The van der Waals surface area contributed by atoms with Crippen molar-refractivity contribution in [2.45, 2.75) is 0 Å². The van der Waals surface area contributed by atoms with E-state index in [1.165, 1.54) is 25.3 Å². The molecule has 0 atom stereocenters. The van der Waals surface area contributed by atoms with Gasteiger partial charge in [-0.1, -0.05) is 17.7 Å². The van der Waals surface area contributed by atoms with Crippen LogP contribution in [0.5, 0.6) is 11.5 Å². The molecule has 0 bridgehead atoms. The largest absolute Gasteiger partial charge is 0.508 e. The van der Waals surface area contributed by atoms with Crippen LogP contribution in [0.4, 0.5) is 0 Å². The van der Waals surface area contributed by atoms with Crippen molar-refractivity contribution in [1.29, 1.82) is 0 Å².